The van der Waals surface area contributed by atoms with Gasteiger partial charge in [-0.3, -0.25) is 4.79 Å². The molecule has 2 rings (SSSR count). The molecule has 110 valence electrons. The van der Waals surface area contributed by atoms with Gasteiger partial charge in [0, 0.05) is 17.4 Å². The Morgan fingerprint density at radius 1 is 1.19 bits per heavy atom. The number of nitrogens with one attached hydrogen (secondary N) is 1. The second-order valence-electron chi connectivity index (χ2n) is 4.86. The number of phenolic OH excluding ortho intramolecular Hbond substituents is 1. The molecule has 0 aliphatic carbocycles. The molecule has 0 spiro atoms. The molecule has 0 aliphatic heterocycles. The highest BCUT2D eigenvalue weighted by molar-refractivity contribution is 6.08. The monoisotopic (exact) mass is 286 g/mol. The van der Waals surface area contributed by atoms with Crippen molar-refractivity contribution in [3.8, 4) is 11.5 Å². The van der Waals surface area contributed by atoms with Crippen LogP contribution in [-0.4, -0.2) is 18.1 Å². The number of benzene rings is 2. The van der Waals surface area contributed by atoms with Crippen LogP contribution in [0.25, 0.3) is 0 Å². The van der Waals surface area contributed by atoms with Gasteiger partial charge in [-0.05, 0) is 49.2 Å². The molecule has 2 aromatic rings. The molecule has 5 heteroatoms. The molecule has 0 heterocycles. The van der Waals surface area contributed by atoms with Crippen LogP contribution in [0.4, 0.5) is 11.4 Å². The summed E-state index contributed by atoms with van der Waals surface area (Å²) >= 11 is 0. The fraction of sp³-hybridized carbons (Fsp3) is 0.188. The molecule has 2 aromatic carbocycles. The Morgan fingerprint density at radius 2 is 1.90 bits per heavy atom. The molecule has 0 radical (unpaired) electrons. The number of methoxy groups -OCH3 is 1. The van der Waals surface area contributed by atoms with Gasteiger partial charge in [-0.15, -0.1) is 0 Å². The van der Waals surface area contributed by atoms with Crippen LogP contribution in [-0.2, 0) is 0 Å². The van der Waals surface area contributed by atoms with Crippen molar-refractivity contribution in [2.45, 2.75) is 13.8 Å². The first kappa shape index (κ1) is 14.7. The second kappa shape index (κ2) is 5.75. The first-order valence-corrected chi connectivity index (χ1v) is 6.47. The quantitative estimate of drug-likeness (QED) is 0.598. The number of phenols is 1. The molecule has 0 fully saturated rings. The third-order valence-corrected chi connectivity index (χ3v) is 3.29. The lowest BCUT2D eigenvalue weighted by Gasteiger charge is -2.12. The third-order valence-electron chi connectivity index (χ3n) is 3.29. The first-order valence-electron chi connectivity index (χ1n) is 6.47. The van der Waals surface area contributed by atoms with Crippen molar-refractivity contribution in [1.29, 1.82) is 0 Å². The van der Waals surface area contributed by atoms with Crippen molar-refractivity contribution in [2.75, 3.05) is 18.2 Å². The molecular formula is C16H18N2O3. The molecule has 0 aliphatic rings. The lowest BCUT2D eigenvalue weighted by atomic mass is 10.1. The van der Waals surface area contributed by atoms with Crippen molar-refractivity contribution in [3.63, 3.8) is 0 Å². The molecule has 0 bridgehead atoms. The summed E-state index contributed by atoms with van der Waals surface area (Å²) in [6.45, 7) is 3.58. The number of carbonyl (C=O) groups is 1. The maximum absolute atomic E-state index is 12.3. The number of hydrogen-bond acceptors (Lipinski definition) is 4. The molecule has 4 N–H and O–H groups in total. The van der Waals surface area contributed by atoms with Gasteiger partial charge < -0.3 is 20.9 Å². The number of aromatic hydroxyl groups is 1. The molecule has 0 saturated heterocycles. The standard InChI is InChI=1S/C16H18N2O3/c1-9-7-15(19)10(2)6-14(9)18-16(20)12-5-4-11(21-3)8-13(12)17/h4-8,19H,17H2,1-3H3,(H,18,20). The van der Waals surface area contributed by atoms with Crippen molar-refractivity contribution >= 4 is 17.3 Å². The fourth-order valence-corrected chi connectivity index (χ4v) is 2.00. The van der Waals surface area contributed by atoms with Crippen LogP contribution < -0.4 is 15.8 Å². The predicted molar refractivity (Wildman–Crippen MR) is 82.9 cm³/mol. The van der Waals surface area contributed by atoms with Gasteiger partial charge in [0.25, 0.3) is 5.91 Å². The minimum atomic E-state index is -0.302. The number of carbonyl (C=O) groups excluding carboxylic acids is 1. The number of anilines is 2. The fourth-order valence-electron chi connectivity index (χ4n) is 2.00. The van der Waals surface area contributed by atoms with E-state index in [9.17, 15) is 9.90 Å². The largest absolute Gasteiger partial charge is 0.508 e. The lowest BCUT2D eigenvalue weighted by Crippen LogP contribution is -2.15. The minimum Gasteiger partial charge on any atom is -0.508 e. The van der Waals surface area contributed by atoms with E-state index in [2.05, 4.69) is 5.32 Å². The Morgan fingerprint density at radius 3 is 2.52 bits per heavy atom. The number of rotatable bonds is 3. The van der Waals surface area contributed by atoms with E-state index < -0.39 is 0 Å². The summed E-state index contributed by atoms with van der Waals surface area (Å²) < 4.78 is 5.06. The topological polar surface area (TPSA) is 84.6 Å². The zero-order chi connectivity index (χ0) is 15.6. The molecule has 1 amide bonds. The highest BCUT2D eigenvalue weighted by Crippen LogP contribution is 2.26. The van der Waals surface area contributed by atoms with Crippen LogP contribution in [0.5, 0.6) is 11.5 Å². The van der Waals surface area contributed by atoms with E-state index in [1.807, 2.05) is 6.92 Å². The van der Waals surface area contributed by atoms with Gasteiger partial charge in [0.05, 0.1) is 12.7 Å². The summed E-state index contributed by atoms with van der Waals surface area (Å²) in [7, 11) is 1.54. The van der Waals surface area contributed by atoms with E-state index in [0.717, 1.165) is 5.56 Å². The molecule has 5 nitrogen and oxygen atoms in total. The van der Waals surface area contributed by atoms with Crippen molar-refractivity contribution in [1.82, 2.24) is 0 Å². The minimum absolute atomic E-state index is 0.203. The van der Waals surface area contributed by atoms with E-state index in [1.165, 1.54) is 7.11 Å². The number of amides is 1. The van der Waals surface area contributed by atoms with E-state index in [1.54, 1.807) is 37.3 Å². The average molecular weight is 286 g/mol. The maximum atomic E-state index is 12.3. The molecule has 0 aromatic heterocycles. The van der Waals surface area contributed by atoms with Gasteiger partial charge in [-0.1, -0.05) is 0 Å². The number of nitrogen functional groups attached to an aromatic ring is 1. The summed E-state index contributed by atoms with van der Waals surface area (Å²) in [6.07, 6.45) is 0. The van der Waals surface area contributed by atoms with Crippen LogP contribution in [0.2, 0.25) is 0 Å². The Labute approximate surface area is 123 Å². The predicted octanol–water partition coefficient (Wildman–Crippen LogP) is 2.85. The molecule has 0 unspecified atom stereocenters. The first-order chi connectivity index (χ1) is 9.92. The van der Waals surface area contributed by atoms with Crippen LogP contribution >= 0.6 is 0 Å². The smallest absolute Gasteiger partial charge is 0.257 e. The molecular weight excluding hydrogens is 268 g/mol. The Bertz CT molecular complexity index is 696. The van der Waals surface area contributed by atoms with Gasteiger partial charge in [0.2, 0.25) is 0 Å². The van der Waals surface area contributed by atoms with Crippen molar-refractivity contribution < 1.29 is 14.6 Å². The SMILES string of the molecule is COc1ccc(C(=O)Nc2cc(C)c(O)cc2C)c(N)c1. The van der Waals surface area contributed by atoms with E-state index >= 15 is 0 Å². The van der Waals surface area contributed by atoms with Crippen LogP contribution in [0.1, 0.15) is 21.5 Å². The van der Waals surface area contributed by atoms with Gasteiger partial charge in [-0.25, -0.2) is 0 Å². The molecule has 0 atom stereocenters. The third kappa shape index (κ3) is 3.08. The van der Waals surface area contributed by atoms with Gasteiger partial charge in [-0.2, -0.15) is 0 Å². The number of ether oxygens (including phenoxy) is 1. The van der Waals surface area contributed by atoms with Gasteiger partial charge >= 0.3 is 0 Å². The Balaban J connectivity index is 2.28. The molecule has 0 saturated carbocycles. The Kier molecular flexibility index (Phi) is 4.03. The second-order valence-corrected chi connectivity index (χ2v) is 4.86. The zero-order valence-corrected chi connectivity index (χ0v) is 12.2. The number of aryl methyl sites for hydroxylation is 2. The lowest BCUT2D eigenvalue weighted by molar-refractivity contribution is 0.102. The average Bonchev–Trinajstić information content (AvgIpc) is 2.44. The summed E-state index contributed by atoms with van der Waals surface area (Å²) in [5, 5.41) is 12.4. The molecule has 21 heavy (non-hydrogen) atoms. The van der Waals surface area contributed by atoms with Crippen LogP contribution in [0, 0.1) is 13.8 Å². The summed E-state index contributed by atoms with van der Waals surface area (Å²) in [4.78, 5) is 12.3. The highest BCUT2D eigenvalue weighted by atomic mass is 16.5. The van der Waals surface area contributed by atoms with Gasteiger partial charge in [0.15, 0.2) is 0 Å². The van der Waals surface area contributed by atoms with E-state index in [4.69, 9.17) is 10.5 Å². The van der Waals surface area contributed by atoms with E-state index in [-0.39, 0.29) is 11.7 Å². The van der Waals surface area contributed by atoms with Crippen LogP contribution in [0.15, 0.2) is 30.3 Å². The highest BCUT2D eigenvalue weighted by Gasteiger charge is 2.13. The number of nitrogens with two attached hydrogens (primary N) is 1. The number of hydrogen-bond donors (Lipinski definition) is 3. The normalized spacial score (nSPS) is 10.2. The van der Waals surface area contributed by atoms with Crippen LogP contribution in [0.3, 0.4) is 0 Å². The maximum Gasteiger partial charge on any atom is 0.257 e. The summed E-state index contributed by atoms with van der Waals surface area (Å²) in [6, 6.07) is 8.24. The van der Waals surface area contributed by atoms with E-state index in [0.29, 0.717) is 28.3 Å². The summed E-state index contributed by atoms with van der Waals surface area (Å²) in [5.41, 5.74) is 8.70. The Hall–Kier alpha value is -2.69. The van der Waals surface area contributed by atoms with Crippen molar-refractivity contribution in [2.24, 2.45) is 0 Å². The van der Waals surface area contributed by atoms with Crippen molar-refractivity contribution in [3.05, 3.63) is 47.0 Å². The zero-order valence-electron chi connectivity index (χ0n) is 12.2. The summed E-state index contributed by atoms with van der Waals surface area (Å²) in [5.74, 6) is 0.499. The van der Waals surface area contributed by atoms with Gasteiger partial charge in [0.1, 0.15) is 11.5 Å².